The third kappa shape index (κ3) is 3.45. The largest absolute Gasteiger partial charge is 0.322 e. The van der Waals surface area contributed by atoms with Gasteiger partial charge in [-0.1, -0.05) is 12.1 Å². The van der Waals surface area contributed by atoms with Crippen molar-refractivity contribution in [1.29, 1.82) is 0 Å². The van der Waals surface area contributed by atoms with E-state index in [-0.39, 0.29) is 17.0 Å². The molecule has 0 spiro atoms. The zero-order valence-electron chi connectivity index (χ0n) is 13.1. The normalized spacial score (nSPS) is 15.8. The third-order valence-electron chi connectivity index (χ3n) is 3.86. The number of nitro benzene ring substituents is 1. The maximum atomic E-state index is 12.3. The summed E-state index contributed by atoms with van der Waals surface area (Å²) >= 11 is 0. The van der Waals surface area contributed by atoms with Crippen LogP contribution in [0.15, 0.2) is 48.5 Å². The fourth-order valence-electron chi connectivity index (χ4n) is 2.66. The van der Waals surface area contributed by atoms with E-state index in [4.69, 9.17) is 0 Å². The first-order valence-corrected chi connectivity index (χ1v) is 9.15. The van der Waals surface area contributed by atoms with Gasteiger partial charge in [0.15, 0.2) is 0 Å². The highest BCUT2D eigenvalue weighted by atomic mass is 32.2. The molecule has 9 heteroatoms. The third-order valence-corrected chi connectivity index (χ3v) is 5.73. The van der Waals surface area contributed by atoms with Crippen molar-refractivity contribution in [2.75, 3.05) is 21.9 Å². The van der Waals surface area contributed by atoms with E-state index in [2.05, 4.69) is 5.32 Å². The predicted molar refractivity (Wildman–Crippen MR) is 93.2 cm³/mol. The number of hydrogen-bond donors (Lipinski definition) is 1. The Morgan fingerprint density at radius 2 is 1.80 bits per heavy atom. The maximum absolute atomic E-state index is 12.3. The number of carbonyl (C=O) groups is 1. The van der Waals surface area contributed by atoms with Gasteiger partial charge in [0.2, 0.25) is 10.0 Å². The second-order valence-electron chi connectivity index (χ2n) is 5.52. The van der Waals surface area contributed by atoms with E-state index in [9.17, 15) is 23.3 Å². The number of nitro groups is 1. The van der Waals surface area contributed by atoms with Gasteiger partial charge in [-0.15, -0.1) is 0 Å². The molecule has 25 heavy (non-hydrogen) atoms. The molecule has 130 valence electrons. The molecule has 1 heterocycles. The number of para-hydroxylation sites is 1. The smallest absolute Gasteiger partial charge is 0.282 e. The van der Waals surface area contributed by atoms with Gasteiger partial charge in [-0.3, -0.25) is 19.2 Å². The summed E-state index contributed by atoms with van der Waals surface area (Å²) in [6.45, 7) is 0.435. The first-order valence-electron chi connectivity index (χ1n) is 7.54. The molecule has 0 aromatic heterocycles. The minimum Gasteiger partial charge on any atom is -0.322 e. The van der Waals surface area contributed by atoms with E-state index in [0.29, 0.717) is 24.3 Å². The molecule has 1 amide bonds. The van der Waals surface area contributed by atoms with Crippen LogP contribution in [0.1, 0.15) is 16.8 Å². The van der Waals surface area contributed by atoms with Gasteiger partial charge < -0.3 is 5.32 Å². The SMILES string of the molecule is O=C(Nc1ccc(N2CCCS2(=O)=O)cc1)c1ccccc1[N+](=O)[O-]. The van der Waals surface area contributed by atoms with E-state index in [1.165, 1.54) is 22.5 Å². The van der Waals surface area contributed by atoms with Crippen LogP contribution < -0.4 is 9.62 Å². The molecule has 1 aliphatic heterocycles. The highest BCUT2D eigenvalue weighted by Gasteiger charge is 2.28. The van der Waals surface area contributed by atoms with E-state index in [1.54, 1.807) is 30.3 Å². The van der Waals surface area contributed by atoms with Crippen LogP contribution in [-0.2, 0) is 10.0 Å². The fraction of sp³-hybridized carbons (Fsp3) is 0.188. The van der Waals surface area contributed by atoms with Crippen LogP contribution in [0.25, 0.3) is 0 Å². The van der Waals surface area contributed by atoms with Gasteiger partial charge in [0.05, 0.1) is 16.4 Å². The maximum Gasteiger partial charge on any atom is 0.282 e. The Hall–Kier alpha value is -2.94. The summed E-state index contributed by atoms with van der Waals surface area (Å²) in [6.07, 6.45) is 0.582. The highest BCUT2D eigenvalue weighted by molar-refractivity contribution is 7.93. The van der Waals surface area contributed by atoms with Crippen LogP contribution in [0.2, 0.25) is 0 Å². The van der Waals surface area contributed by atoms with Crippen LogP contribution in [0, 0.1) is 10.1 Å². The second-order valence-corrected chi connectivity index (χ2v) is 7.53. The zero-order chi connectivity index (χ0) is 18.0. The molecule has 0 atom stereocenters. The lowest BCUT2D eigenvalue weighted by Crippen LogP contribution is -2.25. The number of rotatable bonds is 4. The van der Waals surface area contributed by atoms with Crippen molar-refractivity contribution < 1.29 is 18.1 Å². The number of carbonyl (C=O) groups excluding carboxylic acids is 1. The van der Waals surface area contributed by atoms with Crippen molar-refractivity contribution in [2.24, 2.45) is 0 Å². The number of sulfonamides is 1. The second kappa shape index (κ2) is 6.52. The lowest BCUT2D eigenvalue weighted by molar-refractivity contribution is -0.385. The van der Waals surface area contributed by atoms with Crippen molar-refractivity contribution in [1.82, 2.24) is 0 Å². The van der Waals surface area contributed by atoms with Gasteiger partial charge in [0, 0.05) is 18.3 Å². The van der Waals surface area contributed by atoms with Crippen LogP contribution in [0.4, 0.5) is 17.1 Å². The zero-order valence-corrected chi connectivity index (χ0v) is 13.9. The van der Waals surface area contributed by atoms with E-state index < -0.39 is 20.9 Å². The van der Waals surface area contributed by atoms with Crippen molar-refractivity contribution >= 4 is 33.0 Å². The molecule has 0 unspecified atom stereocenters. The number of anilines is 2. The van der Waals surface area contributed by atoms with Crippen molar-refractivity contribution in [3.63, 3.8) is 0 Å². The average molecular weight is 361 g/mol. The molecule has 2 aromatic rings. The highest BCUT2D eigenvalue weighted by Crippen LogP contribution is 2.26. The molecule has 1 N–H and O–H groups in total. The average Bonchev–Trinajstić information content (AvgIpc) is 2.94. The van der Waals surface area contributed by atoms with Crippen LogP contribution in [0.5, 0.6) is 0 Å². The quantitative estimate of drug-likeness (QED) is 0.664. The Morgan fingerprint density at radius 1 is 1.12 bits per heavy atom. The predicted octanol–water partition coefficient (Wildman–Crippen LogP) is 2.39. The molecule has 0 bridgehead atoms. The molecule has 1 aliphatic rings. The molecular formula is C16H15N3O5S. The summed E-state index contributed by atoms with van der Waals surface area (Å²) in [6, 6.07) is 12.0. The van der Waals surface area contributed by atoms with Crippen molar-refractivity contribution in [3.05, 3.63) is 64.2 Å². The van der Waals surface area contributed by atoms with Gasteiger partial charge in [-0.25, -0.2) is 8.42 Å². The number of benzene rings is 2. The minimum atomic E-state index is -3.26. The number of hydrogen-bond acceptors (Lipinski definition) is 5. The van der Waals surface area contributed by atoms with E-state index in [0.717, 1.165) is 0 Å². The first-order chi connectivity index (χ1) is 11.9. The van der Waals surface area contributed by atoms with Gasteiger partial charge in [0.1, 0.15) is 5.56 Å². The van der Waals surface area contributed by atoms with E-state index in [1.807, 2.05) is 0 Å². The summed E-state index contributed by atoms with van der Waals surface area (Å²) in [5.41, 5.74) is 0.628. The molecule has 3 rings (SSSR count). The monoisotopic (exact) mass is 361 g/mol. The van der Waals surface area contributed by atoms with Crippen LogP contribution in [-0.4, -0.2) is 31.5 Å². The van der Waals surface area contributed by atoms with Crippen LogP contribution >= 0.6 is 0 Å². The Kier molecular flexibility index (Phi) is 4.41. The Morgan fingerprint density at radius 3 is 2.40 bits per heavy atom. The summed E-state index contributed by atoms with van der Waals surface area (Å²) < 4.78 is 25.1. The molecule has 0 saturated carbocycles. The fourth-order valence-corrected chi connectivity index (χ4v) is 4.23. The number of nitrogens with one attached hydrogen (secondary N) is 1. The van der Waals surface area contributed by atoms with Crippen molar-refractivity contribution in [2.45, 2.75) is 6.42 Å². The number of nitrogens with zero attached hydrogens (tertiary/aromatic N) is 2. The topological polar surface area (TPSA) is 110 Å². The minimum absolute atomic E-state index is 0.0429. The lowest BCUT2D eigenvalue weighted by Gasteiger charge is -2.17. The van der Waals surface area contributed by atoms with E-state index >= 15 is 0 Å². The molecule has 2 aromatic carbocycles. The van der Waals surface area contributed by atoms with Crippen molar-refractivity contribution in [3.8, 4) is 0 Å². The molecule has 0 aliphatic carbocycles. The molecule has 8 nitrogen and oxygen atoms in total. The summed E-state index contributed by atoms with van der Waals surface area (Å²) in [4.78, 5) is 22.6. The van der Waals surface area contributed by atoms with Gasteiger partial charge in [-0.05, 0) is 36.8 Å². The van der Waals surface area contributed by atoms with Crippen LogP contribution in [0.3, 0.4) is 0 Å². The Balaban J connectivity index is 1.78. The number of amides is 1. The Labute approximate surface area is 144 Å². The van der Waals surface area contributed by atoms with Gasteiger partial charge >= 0.3 is 0 Å². The lowest BCUT2D eigenvalue weighted by atomic mass is 10.1. The molecule has 1 saturated heterocycles. The molecule has 0 radical (unpaired) electrons. The summed E-state index contributed by atoms with van der Waals surface area (Å²) in [5, 5.41) is 13.6. The first kappa shape index (κ1) is 16.9. The van der Waals surface area contributed by atoms with Gasteiger partial charge in [0.25, 0.3) is 11.6 Å². The van der Waals surface area contributed by atoms with Gasteiger partial charge in [-0.2, -0.15) is 0 Å². The Bertz CT molecular complexity index is 925. The standard InChI is InChI=1S/C16H15N3O5S/c20-16(14-4-1-2-5-15(14)19(21)22)17-12-6-8-13(9-7-12)18-10-3-11-25(18,23)24/h1-2,4-9H,3,10-11H2,(H,17,20). The molecule has 1 fully saturated rings. The summed E-state index contributed by atoms with van der Waals surface area (Å²) in [5.74, 6) is -0.475. The molecular weight excluding hydrogens is 346 g/mol. The summed E-state index contributed by atoms with van der Waals surface area (Å²) in [7, 11) is -3.26.